The molecule has 6 heteroatoms. The van der Waals surface area contributed by atoms with Crippen molar-refractivity contribution in [2.24, 2.45) is 0 Å². The number of anilines is 1. The largest absolute Gasteiger partial charge is 0.397 e. The van der Waals surface area contributed by atoms with Crippen molar-refractivity contribution >= 4 is 23.4 Å². The molecule has 110 valence electrons. The number of carbonyl (C=O) groups excluding carboxylic acids is 1. The summed E-state index contributed by atoms with van der Waals surface area (Å²) in [6.45, 7) is 0.248. The highest BCUT2D eigenvalue weighted by Crippen LogP contribution is 2.23. The van der Waals surface area contributed by atoms with Crippen LogP contribution < -0.4 is 5.73 Å². The topological polar surface area (TPSA) is 59.2 Å². The summed E-state index contributed by atoms with van der Waals surface area (Å²) in [5.41, 5.74) is 6.82. The highest BCUT2D eigenvalue weighted by atomic mass is 32.2. The summed E-state index contributed by atoms with van der Waals surface area (Å²) < 4.78 is 13.6. The monoisotopic (exact) mass is 305 g/mol. The zero-order valence-corrected chi connectivity index (χ0v) is 12.4. The van der Waals surface area contributed by atoms with Crippen molar-refractivity contribution in [3.05, 3.63) is 54.1 Å². The Labute approximate surface area is 127 Å². The van der Waals surface area contributed by atoms with Gasteiger partial charge in [-0.3, -0.25) is 9.78 Å². The van der Waals surface area contributed by atoms with Gasteiger partial charge in [-0.25, -0.2) is 4.39 Å². The fourth-order valence-corrected chi connectivity index (χ4v) is 2.62. The second-order valence-electron chi connectivity index (χ2n) is 4.54. The number of nitrogens with two attached hydrogens (primary N) is 1. The molecule has 0 aliphatic heterocycles. The Hall–Kier alpha value is -2.08. The van der Waals surface area contributed by atoms with E-state index in [1.807, 2.05) is 0 Å². The van der Waals surface area contributed by atoms with Crippen molar-refractivity contribution in [3.8, 4) is 0 Å². The Kier molecular flexibility index (Phi) is 5.16. The molecule has 4 nitrogen and oxygen atoms in total. The highest BCUT2D eigenvalue weighted by molar-refractivity contribution is 8.00. The van der Waals surface area contributed by atoms with Crippen LogP contribution in [0.15, 0.2) is 47.6 Å². The molecule has 0 bridgehead atoms. The Bertz CT molecular complexity index is 636. The average Bonchev–Trinajstić information content (AvgIpc) is 2.48. The number of thioether (sulfide) groups is 1. The molecular formula is C15H16FN3OS. The lowest BCUT2D eigenvalue weighted by atomic mass is 10.2. The molecule has 0 saturated heterocycles. The number of hydrogen-bond donors (Lipinski definition) is 1. The molecule has 1 amide bonds. The van der Waals surface area contributed by atoms with E-state index >= 15 is 0 Å². The number of benzene rings is 1. The predicted octanol–water partition coefficient (Wildman–Crippen LogP) is 2.55. The maximum atomic E-state index is 13.6. The number of amides is 1. The van der Waals surface area contributed by atoms with Crippen LogP contribution in [-0.2, 0) is 11.3 Å². The van der Waals surface area contributed by atoms with Gasteiger partial charge >= 0.3 is 0 Å². The maximum Gasteiger partial charge on any atom is 0.232 e. The smallest absolute Gasteiger partial charge is 0.232 e. The molecule has 1 aromatic heterocycles. The minimum absolute atomic E-state index is 0.0838. The number of hydrogen-bond acceptors (Lipinski definition) is 4. The lowest BCUT2D eigenvalue weighted by molar-refractivity contribution is -0.127. The van der Waals surface area contributed by atoms with Gasteiger partial charge in [0.25, 0.3) is 0 Å². The molecule has 0 aliphatic rings. The van der Waals surface area contributed by atoms with E-state index in [1.54, 1.807) is 43.7 Å². The quantitative estimate of drug-likeness (QED) is 0.863. The molecule has 1 aromatic carbocycles. The van der Waals surface area contributed by atoms with Crippen LogP contribution in [0, 0.1) is 5.82 Å². The van der Waals surface area contributed by atoms with Crippen LogP contribution >= 0.6 is 11.8 Å². The molecule has 0 radical (unpaired) electrons. The summed E-state index contributed by atoms with van der Waals surface area (Å²) in [6.07, 6.45) is 3.18. The first-order valence-corrected chi connectivity index (χ1v) is 7.36. The van der Waals surface area contributed by atoms with Crippen molar-refractivity contribution in [1.82, 2.24) is 9.88 Å². The van der Waals surface area contributed by atoms with E-state index in [0.29, 0.717) is 11.3 Å². The van der Waals surface area contributed by atoms with Crippen LogP contribution in [-0.4, -0.2) is 28.6 Å². The number of rotatable bonds is 5. The number of halogens is 1. The molecule has 2 rings (SSSR count). The van der Waals surface area contributed by atoms with Gasteiger partial charge in [0.2, 0.25) is 5.91 Å². The molecule has 2 N–H and O–H groups in total. The van der Waals surface area contributed by atoms with E-state index in [1.165, 1.54) is 22.7 Å². The third kappa shape index (κ3) is 4.19. The highest BCUT2D eigenvalue weighted by Gasteiger charge is 2.12. The van der Waals surface area contributed by atoms with E-state index in [2.05, 4.69) is 4.98 Å². The van der Waals surface area contributed by atoms with E-state index in [9.17, 15) is 9.18 Å². The van der Waals surface area contributed by atoms with Gasteiger partial charge in [-0.1, -0.05) is 18.2 Å². The molecule has 0 saturated carbocycles. The normalized spacial score (nSPS) is 10.4. The Morgan fingerprint density at radius 1 is 1.38 bits per heavy atom. The van der Waals surface area contributed by atoms with E-state index in [0.717, 1.165) is 4.90 Å². The van der Waals surface area contributed by atoms with Gasteiger partial charge in [0.15, 0.2) is 0 Å². The lowest BCUT2D eigenvalue weighted by Gasteiger charge is -2.17. The SMILES string of the molecule is CN(Cc1ccccc1F)C(=O)CSc1ccncc1N. The van der Waals surface area contributed by atoms with Crippen molar-refractivity contribution in [3.63, 3.8) is 0 Å². The molecule has 2 aromatic rings. The first-order valence-electron chi connectivity index (χ1n) is 6.37. The fraction of sp³-hybridized carbons (Fsp3) is 0.200. The summed E-state index contributed by atoms with van der Waals surface area (Å²) in [4.78, 5) is 18.3. The number of carbonyl (C=O) groups is 1. The van der Waals surface area contributed by atoms with Crippen LogP contribution in [0.2, 0.25) is 0 Å². The third-order valence-corrected chi connectivity index (χ3v) is 4.03. The second kappa shape index (κ2) is 7.08. The Balaban J connectivity index is 1.91. The van der Waals surface area contributed by atoms with Crippen LogP contribution in [0.5, 0.6) is 0 Å². The Morgan fingerprint density at radius 3 is 2.86 bits per heavy atom. The molecule has 0 unspecified atom stereocenters. The summed E-state index contributed by atoms with van der Waals surface area (Å²) >= 11 is 1.35. The van der Waals surface area contributed by atoms with Crippen molar-refractivity contribution in [2.75, 3.05) is 18.5 Å². The van der Waals surface area contributed by atoms with E-state index < -0.39 is 0 Å². The van der Waals surface area contributed by atoms with Gasteiger partial charge in [-0.15, -0.1) is 11.8 Å². The average molecular weight is 305 g/mol. The molecule has 0 spiro atoms. The Morgan fingerprint density at radius 2 is 2.14 bits per heavy atom. The van der Waals surface area contributed by atoms with Crippen molar-refractivity contribution in [1.29, 1.82) is 0 Å². The number of nitrogens with zero attached hydrogens (tertiary/aromatic N) is 2. The van der Waals surface area contributed by atoms with E-state index in [-0.39, 0.29) is 24.0 Å². The van der Waals surface area contributed by atoms with Gasteiger partial charge in [0.1, 0.15) is 5.82 Å². The molecule has 0 fully saturated rings. The van der Waals surface area contributed by atoms with Gasteiger partial charge in [0.05, 0.1) is 17.6 Å². The molecule has 21 heavy (non-hydrogen) atoms. The summed E-state index contributed by atoms with van der Waals surface area (Å²) in [6, 6.07) is 8.21. The fourth-order valence-electron chi connectivity index (χ4n) is 1.75. The second-order valence-corrected chi connectivity index (χ2v) is 5.56. The third-order valence-electron chi connectivity index (χ3n) is 2.95. The lowest BCUT2D eigenvalue weighted by Crippen LogP contribution is -2.28. The van der Waals surface area contributed by atoms with Gasteiger partial charge in [-0.05, 0) is 12.1 Å². The van der Waals surface area contributed by atoms with Crippen LogP contribution in [0.3, 0.4) is 0 Å². The summed E-state index contributed by atoms with van der Waals surface area (Å²) in [5.74, 6) is -0.137. The molecule has 0 aliphatic carbocycles. The van der Waals surface area contributed by atoms with Gasteiger partial charge in [0, 0.05) is 30.2 Å². The molecule has 0 atom stereocenters. The predicted molar refractivity (Wildman–Crippen MR) is 82.2 cm³/mol. The number of pyridine rings is 1. The zero-order valence-electron chi connectivity index (χ0n) is 11.6. The van der Waals surface area contributed by atoms with Gasteiger partial charge in [-0.2, -0.15) is 0 Å². The standard InChI is InChI=1S/C15H16FN3OS/c1-19(9-11-4-2-3-5-12(11)16)15(20)10-21-14-6-7-18-8-13(14)17/h2-8H,9-10,17H2,1H3. The number of nitrogen functional groups attached to an aromatic ring is 1. The van der Waals surface area contributed by atoms with Gasteiger partial charge < -0.3 is 10.6 Å². The number of aromatic nitrogens is 1. The van der Waals surface area contributed by atoms with Crippen molar-refractivity contribution in [2.45, 2.75) is 11.4 Å². The minimum atomic E-state index is -0.303. The summed E-state index contributed by atoms with van der Waals surface area (Å²) in [7, 11) is 1.66. The minimum Gasteiger partial charge on any atom is -0.397 e. The van der Waals surface area contributed by atoms with E-state index in [4.69, 9.17) is 5.73 Å². The van der Waals surface area contributed by atoms with Crippen LogP contribution in [0.1, 0.15) is 5.56 Å². The molecular weight excluding hydrogens is 289 g/mol. The van der Waals surface area contributed by atoms with Crippen LogP contribution in [0.25, 0.3) is 0 Å². The summed E-state index contributed by atoms with van der Waals surface area (Å²) in [5, 5.41) is 0. The first kappa shape index (κ1) is 15.3. The van der Waals surface area contributed by atoms with Crippen LogP contribution in [0.4, 0.5) is 10.1 Å². The first-order chi connectivity index (χ1) is 10.1. The molecule has 1 heterocycles. The van der Waals surface area contributed by atoms with Crippen molar-refractivity contribution < 1.29 is 9.18 Å². The maximum absolute atomic E-state index is 13.6. The zero-order chi connectivity index (χ0) is 15.2.